The molecule has 2 unspecified atom stereocenters. The van der Waals surface area contributed by atoms with Gasteiger partial charge in [-0.2, -0.15) is 0 Å². The molecule has 0 saturated carbocycles. The number of para-hydroxylation sites is 1. The van der Waals surface area contributed by atoms with Crippen molar-refractivity contribution < 1.29 is 22.7 Å². The summed E-state index contributed by atoms with van der Waals surface area (Å²) in [4.78, 5) is 7.17. The minimum atomic E-state index is -1.54. The summed E-state index contributed by atoms with van der Waals surface area (Å²) in [6, 6.07) is 9.27. The van der Waals surface area contributed by atoms with Crippen molar-refractivity contribution in [2.24, 2.45) is 0 Å². The first kappa shape index (κ1) is 25.0. The Bertz CT molecular complexity index is 1190. The van der Waals surface area contributed by atoms with Crippen LogP contribution in [0.3, 0.4) is 0 Å². The summed E-state index contributed by atoms with van der Waals surface area (Å²) in [6.45, 7) is 2.80. The second-order valence-electron chi connectivity index (χ2n) is 9.99. The highest BCUT2D eigenvalue weighted by Crippen LogP contribution is 2.43. The fraction of sp³-hybridized carbons (Fsp3) is 0.481. The van der Waals surface area contributed by atoms with Gasteiger partial charge in [0.1, 0.15) is 17.8 Å². The molecule has 5 rings (SSSR count). The van der Waals surface area contributed by atoms with Gasteiger partial charge in [-0.15, -0.1) is 0 Å². The van der Waals surface area contributed by atoms with Gasteiger partial charge in [0.25, 0.3) is 0 Å². The van der Waals surface area contributed by atoms with Crippen molar-refractivity contribution in [3.8, 4) is 0 Å². The number of aromatic nitrogens is 1. The van der Waals surface area contributed by atoms with Crippen LogP contribution in [0.2, 0.25) is 0 Å². The van der Waals surface area contributed by atoms with Crippen LogP contribution in [0.1, 0.15) is 36.2 Å². The molecule has 3 N–H and O–H groups in total. The van der Waals surface area contributed by atoms with Gasteiger partial charge < -0.3 is 15.4 Å². The predicted molar refractivity (Wildman–Crippen MR) is 133 cm³/mol. The van der Waals surface area contributed by atoms with Crippen molar-refractivity contribution in [3.05, 3.63) is 64.9 Å². The van der Waals surface area contributed by atoms with E-state index in [2.05, 4.69) is 15.2 Å². The second kappa shape index (κ2) is 10.4. The van der Waals surface area contributed by atoms with E-state index in [0.29, 0.717) is 43.9 Å². The van der Waals surface area contributed by atoms with Gasteiger partial charge in [0.2, 0.25) is 0 Å². The lowest BCUT2D eigenvalue weighted by Crippen LogP contribution is -2.54. The highest BCUT2D eigenvalue weighted by Gasteiger charge is 2.39. The highest BCUT2D eigenvalue weighted by atomic mass is 19.1. The average Bonchev–Trinajstić information content (AvgIpc) is 3.19. The molecule has 0 radical (unpaired) electrons. The molecule has 2 aliphatic heterocycles. The van der Waals surface area contributed by atoms with Crippen LogP contribution in [-0.4, -0.2) is 77.6 Å². The molecule has 3 atom stereocenters. The molecule has 3 heterocycles. The monoisotopic (exact) mass is 504 g/mol. The summed E-state index contributed by atoms with van der Waals surface area (Å²) in [5.41, 5.74) is 2.70. The Morgan fingerprint density at radius 2 is 1.89 bits per heavy atom. The third-order valence-corrected chi connectivity index (χ3v) is 7.41. The number of nitrogens with one attached hydrogen (secondary N) is 2. The predicted octanol–water partition coefficient (Wildman–Crippen LogP) is 4.57. The average molecular weight is 505 g/mol. The van der Waals surface area contributed by atoms with Gasteiger partial charge in [-0.3, -0.25) is 14.2 Å². The van der Waals surface area contributed by atoms with Gasteiger partial charge in [-0.1, -0.05) is 18.2 Å². The van der Waals surface area contributed by atoms with E-state index in [9.17, 15) is 13.9 Å². The van der Waals surface area contributed by atoms with E-state index >= 15 is 8.78 Å². The minimum Gasteiger partial charge on any atom is -0.393 e. The lowest BCUT2D eigenvalue weighted by Gasteiger charge is -2.42. The van der Waals surface area contributed by atoms with Gasteiger partial charge in [-0.25, -0.2) is 13.2 Å². The summed E-state index contributed by atoms with van der Waals surface area (Å²) in [6.07, 6.45) is -0.462. The number of fused-ring (bicyclic) bond motifs is 3. The minimum absolute atomic E-state index is 0.0395. The van der Waals surface area contributed by atoms with E-state index in [4.69, 9.17) is 0 Å². The number of aromatic amines is 1. The number of likely N-dealkylation sites (tertiary alicyclic amines) is 1. The topological polar surface area (TPSA) is 54.5 Å². The Hall–Kier alpha value is -2.62. The van der Waals surface area contributed by atoms with Crippen LogP contribution in [0.5, 0.6) is 0 Å². The zero-order valence-corrected chi connectivity index (χ0v) is 20.3. The molecular weight excluding hydrogens is 472 g/mol. The normalized spacial score (nSPS) is 21.9. The number of hydrogen-bond acceptors (Lipinski definition) is 4. The summed E-state index contributed by atoms with van der Waals surface area (Å²) in [5.74, 6) is -1.42. The first-order chi connectivity index (χ1) is 17.4. The van der Waals surface area contributed by atoms with Crippen molar-refractivity contribution in [3.63, 3.8) is 0 Å². The van der Waals surface area contributed by atoms with Gasteiger partial charge in [0.05, 0.1) is 25.4 Å². The van der Waals surface area contributed by atoms with Crippen LogP contribution < -0.4 is 5.32 Å². The molecule has 1 saturated heterocycles. The van der Waals surface area contributed by atoms with Gasteiger partial charge in [-0.05, 0) is 43.5 Å². The number of alkyl halides is 2. The zero-order valence-electron chi connectivity index (χ0n) is 20.3. The third-order valence-electron chi connectivity index (χ3n) is 7.41. The van der Waals surface area contributed by atoms with E-state index in [1.54, 1.807) is 4.90 Å². The smallest absolute Gasteiger partial charge is 0.136 e. The van der Waals surface area contributed by atoms with Gasteiger partial charge in [0, 0.05) is 60.1 Å². The lowest BCUT2D eigenvalue weighted by molar-refractivity contribution is 0.0750. The zero-order chi connectivity index (χ0) is 25.4. The van der Waals surface area contributed by atoms with Crippen molar-refractivity contribution in [2.45, 2.75) is 44.1 Å². The molecule has 2 aliphatic rings. The number of anilines is 1. The van der Waals surface area contributed by atoms with Crippen LogP contribution in [0.4, 0.5) is 23.2 Å². The summed E-state index contributed by atoms with van der Waals surface area (Å²) in [5, 5.41) is 13.5. The Morgan fingerprint density at radius 3 is 2.58 bits per heavy atom. The van der Waals surface area contributed by atoms with Crippen LogP contribution in [0.25, 0.3) is 10.9 Å². The number of aliphatic hydroxyl groups is 1. The first-order valence-corrected chi connectivity index (χ1v) is 12.5. The molecule has 1 fully saturated rings. The molecule has 9 heteroatoms. The SMILES string of the molecule is CC1Cc2c([nH]c3ccccc23)[C@@H](c2c(F)cc(NC3CN(CCCF)C3)cc2F)N1CC(F)CO. The molecule has 3 aromatic rings. The van der Waals surface area contributed by atoms with Crippen molar-refractivity contribution in [1.82, 2.24) is 14.8 Å². The quantitative estimate of drug-likeness (QED) is 0.374. The standard InChI is InChI=1S/C27H32F4N4O/c1-16-9-21-20-5-2-3-6-24(20)33-26(21)27(35(16)12-17(29)15-36)25-22(30)10-18(11-23(25)31)32-19-13-34(14-19)8-4-7-28/h2-3,5-6,10-11,16-17,19,27,32-33,36H,4,7-9,12-15H2,1H3/t16?,17?,27-/m1/s1. The molecule has 194 valence electrons. The highest BCUT2D eigenvalue weighted by molar-refractivity contribution is 5.85. The number of H-pyrrole nitrogens is 1. The van der Waals surface area contributed by atoms with E-state index < -0.39 is 30.5 Å². The summed E-state index contributed by atoms with van der Waals surface area (Å²) in [7, 11) is 0. The Balaban J connectivity index is 1.48. The number of aliphatic hydroxyl groups excluding tert-OH is 1. The van der Waals surface area contributed by atoms with Crippen molar-refractivity contribution >= 4 is 16.6 Å². The number of rotatable bonds is 9. The maximum atomic E-state index is 15.7. The van der Waals surface area contributed by atoms with Crippen LogP contribution in [0, 0.1) is 11.6 Å². The van der Waals surface area contributed by atoms with Crippen molar-refractivity contribution in [2.75, 3.05) is 44.8 Å². The Kier molecular flexibility index (Phi) is 7.23. The van der Waals surface area contributed by atoms with E-state index in [0.717, 1.165) is 16.5 Å². The molecule has 0 amide bonds. The first-order valence-electron chi connectivity index (χ1n) is 12.5. The molecular formula is C27H32F4N4O. The van der Waals surface area contributed by atoms with Gasteiger partial charge >= 0.3 is 0 Å². The second-order valence-corrected chi connectivity index (χ2v) is 9.99. The van der Waals surface area contributed by atoms with E-state index in [1.165, 1.54) is 12.1 Å². The molecule has 2 aromatic carbocycles. The van der Waals surface area contributed by atoms with Crippen LogP contribution >= 0.6 is 0 Å². The summed E-state index contributed by atoms with van der Waals surface area (Å²) >= 11 is 0. The molecule has 0 aliphatic carbocycles. The molecule has 0 bridgehead atoms. The maximum Gasteiger partial charge on any atom is 0.136 e. The molecule has 0 spiro atoms. The van der Waals surface area contributed by atoms with E-state index in [-0.39, 0.29) is 30.9 Å². The van der Waals surface area contributed by atoms with Crippen molar-refractivity contribution in [1.29, 1.82) is 0 Å². The fourth-order valence-electron chi connectivity index (χ4n) is 5.68. The number of hydrogen-bond donors (Lipinski definition) is 3. The molecule has 5 nitrogen and oxygen atoms in total. The van der Waals surface area contributed by atoms with E-state index in [1.807, 2.05) is 31.2 Å². The Labute approximate surface area is 208 Å². The summed E-state index contributed by atoms with van der Waals surface area (Å²) < 4.78 is 58.1. The van der Waals surface area contributed by atoms with Crippen LogP contribution in [-0.2, 0) is 6.42 Å². The molecule has 36 heavy (non-hydrogen) atoms. The molecule has 1 aromatic heterocycles. The van der Waals surface area contributed by atoms with Crippen LogP contribution in [0.15, 0.2) is 36.4 Å². The number of nitrogens with zero attached hydrogens (tertiary/aromatic N) is 2. The lowest BCUT2D eigenvalue weighted by atomic mass is 9.87. The number of benzene rings is 2. The Morgan fingerprint density at radius 1 is 1.17 bits per heavy atom. The number of halogens is 4. The van der Waals surface area contributed by atoms with Gasteiger partial charge in [0.15, 0.2) is 0 Å². The fourth-order valence-corrected chi connectivity index (χ4v) is 5.68. The largest absolute Gasteiger partial charge is 0.393 e. The third kappa shape index (κ3) is 4.71. The maximum absolute atomic E-state index is 15.7.